The molecule has 2 aromatic rings. The Morgan fingerprint density at radius 2 is 1.14 bits per heavy atom. The smallest absolute Gasteiger partial charge is 0.303 e. The Labute approximate surface area is 383 Å². The van der Waals surface area contributed by atoms with Gasteiger partial charge in [-0.05, 0) is 98.8 Å². The molecule has 4 N–H and O–H groups in total. The second-order valence-corrected chi connectivity index (χ2v) is 17.4. The van der Waals surface area contributed by atoms with Gasteiger partial charge in [0.15, 0.2) is 0 Å². The van der Waals surface area contributed by atoms with Crippen LogP contribution in [-0.4, -0.2) is 46.7 Å². The van der Waals surface area contributed by atoms with Crippen LogP contribution in [0.25, 0.3) is 10.9 Å². The van der Waals surface area contributed by atoms with E-state index in [1.807, 2.05) is 36.5 Å². The predicted octanol–water partition coefficient (Wildman–Crippen LogP) is 14.9. The summed E-state index contributed by atoms with van der Waals surface area (Å²) < 4.78 is 5.21. The first kappa shape index (κ1) is 58.4. The number of aromatic amines is 1. The molecule has 0 fully saturated rings. The van der Waals surface area contributed by atoms with Crippen molar-refractivity contribution in [3.05, 3.63) is 103 Å². The van der Waals surface area contributed by atoms with Crippen molar-refractivity contribution in [2.75, 3.05) is 13.7 Å². The lowest BCUT2D eigenvalue weighted by Gasteiger charge is -2.15. The van der Waals surface area contributed by atoms with Crippen molar-refractivity contribution in [3.8, 4) is 5.75 Å². The van der Waals surface area contributed by atoms with Crippen LogP contribution >= 0.6 is 0 Å². The number of methoxy groups -OCH3 is 1. The number of carbonyl (C=O) groups is 3. The Kier molecular flexibility index (Phi) is 37.3. The standard InChI is InChI=1S/C22H32O2.C20H40O2.C13H16N2O2/c1-2-3-4-5-6-7-8-9-10-11-12-13-14-15-16-17-18-19-20-21-22(23)24;1-16(2)9-6-10-17(3)11-7-12-18(4)13-8-14-19(5)15-20(21)22;1-9(16)14-6-5-10-8-15-13-4-3-11(17-2)7-12(10)13/h3-4,6-7,9-10,12-13,15-16,18-19H,2,5,8,11,14,17,20-21H2,1H3,(H,23,24);16-19H,6-15H2,1-5H3,(H,21,22);3-4,7-8,15H,5-6H2,1-2H3,(H,14,16)/b4-3-,7-6-,10-9-,13-12-,16-15-,19-18-;;. The molecule has 1 amide bonds. The normalized spacial score (nSPS) is 13.3. The number of rotatable bonds is 32. The van der Waals surface area contributed by atoms with Gasteiger partial charge >= 0.3 is 11.9 Å². The monoisotopic (exact) mass is 873 g/mol. The maximum atomic E-state index is 10.8. The molecule has 1 heterocycles. The highest BCUT2D eigenvalue weighted by molar-refractivity contribution is 5.84. The molecule has 0 bridgehead atoms. The molecule has 1 aromatic carbocycles. The van der Waals surface area contributed by atoms with Crippen molar-refractivity contribution in [2.24, 2.45) is 23.7 Å². The largest absolute Gasteiger partial charge is 0.497 e. The molecule has 0 saturated heterocycles. The first-order chi connectivity index (χ1) is 30.3. The van der Waals surface area contributed by atoms with E-state index < -0.39 is 11.9 Å². The summed E-state index contributed by atoms with van der Waals surface area (Å²) in [6.07, 6.45) is 47.3. The Morgan fingerprint density at radius 1 is 0.667 bits per heavy atom. The van der Waals surface area contributed by atoms with Crippen LogP contribution in [0.3, 0.4) is 0 Å². The fourth-order valence-corrected chi connectivity index (χ4v) is 6.90. The minimum absolute atomic E-state index is 0.00224. The summed E-state index contributed by atoms with van der Waals surface area (Å²) in [6, 6.07) is 5.93. The van der Waals surface area contributed by atoms with E-state index in [4.69, 9.17) is 14.9 Å². The minimum atomic E-state index is -0.741. The van der Waals surface area contributed by atoms with Crippen molar-refractivity contribution in [1.29, 1.82) is 0 Å². The number of aliphatic carboxylic acids is 2. The van der Waals surface area contributed by atoms with Crippen molar-refractivity contribution >= 4 is 28.7 Å². The highest BCUT2D eigenvalue weighted by Crippen LogP contribution is 2.24. The molecule has 1 aromatic heterocycles. The van der Waals surface area contributed by atoms with E-state index in [-0.39, 0.29) is 12.3 Å². The first-order valence-corrected chi connectivity index (χ1v) is 24.0. The molecule has 63 heavy (non-hydrogen) atoms. The maximum absolute atomic E-state index is 10.8. The van der Waals surface area contributed by atoms with Crippen LogP contribution in [0.15, 0.2) is 97.3 Å². The molecule has 0 aliphatic heterocycles. The van der Waals surface area contributed by atoms with Crippen molar-refractivity contribution in [1.82, 2.24) is 10.3 Å². The van der Waals surface area contributed by atoms with Crippen molar-refractivity contribution in [2.45, 2.75) is 170 Å². The number of carbonyl (C=O) groups excluding carboxylic acids is 1. The number of benzene rings is 1. The maximum Gasteiger partial charge on any atom is 0.303 e. The minimum Gasteiger partial charge on any atom is -0.497 e. The number of hydrogen-bond acceptors (Lipinski definition) is 4. The third-order valence-electron chi connectivity index (χ3n) is 10.7. The number of carboxylic acids is 2. The molecule has 3 atom stereocenters. The number of ether oxygens (including phenoxy) is 1. The third kappa shape index (κ3) is 37.7. The zero-order chi connectivity index (χ0) is 46.9. The number of nitrogens with one attached hydrogen (secondary N) is 2. The van der Waals surface area contributed by atoms with Crippen molar-refractivity contribution in [3.63, 3.8) is 0 Å². The van der Waals surface area contributed by atoms with E-state index in [1.54, 1.807) is 7.11 Å². The van der Waals surface area contributed by atoms with Crippen LogP contribution in [0, 0.1) is 23.7 Å². The molecular formula is C55H88N2O6. The van der Waals surface area contributed by atoms with E-state index in [2.05, 4.69) is 113 Å². The van der Waals surface area contributed by atoms with E-state index in [0.717, 1.165) is 85.8 Å². The molecule has 2 rings (SSSR count). The summed E-state index contributed by atoms with van der Waals surface area (Å²) >= 11 is 0. The van der Waals surface area contributed by atoms with Gasteiger partial charge in [-0.15, -0.1) is 0 Å². The first-order valence-electron chi connectivity index (χ1n) is 24.0. The Balaban J connectivity index is 0.000000926. The lowest BCUT2D eigenvalue weighted by molar-refractivity contribution is -0.138. The molecule has 8 heteroatoms. The quantitative estimate of drug-likeness (QED) is 0.0542. The fourth-order valence-electron chi connectivity index (χ4n) is 6.90. The number of allylic oxidation sites excluding steroid dienone is 12. The van der Waals surface area contributed by atoms with E-state index in [1.165, 1.54) is 63.9 Å². The third-order valence-corrected chi connectivity index (χ3v) is 10.7. The molecular weight excluding hydrogens is 785 g/mol. The van der Waals surface area contributed by atoms with Gasteiger partial charge in [0.25, 0.3) is 0 Å². The highest BCUT2D eigenvalue weighted by atomic mass is 16.5. The summed E-state index contributed by atoms with van der Waals surface area (Å²) in [5, 5.41) is 21.2. The molecule has 0 aliphatic rings. The molecule has 0 radical (unpaired) electrons. The number of hydrogen-bond donors (Lipinski definition) is 4. The molecule has 0 aliphatic carbocycles. The zero-order valence-electron chi connectivity index (χ0n) is 40.7. The fraction of sp³-hybridized carbons (Fsp3) is 0.582. The van der Waals surface area contributed by atoms with Crippen LogP contribution in [0.2, 0.25) is 0 Å². The zero-order valence-corrected chi connectivity index (χ0v) is 40.7. The molecule has 0 spiro atoms. The van der Waals surface area contributed by atoms with Gasteiger partial charge in [0.2, 0.25) is 5.91 Å². The van der Waals surface area contributed by atoms with Crippen LogP contribution in [-0.2, 0) is 20.8 Å². The highest BCUT2D eigenvalue weighted by Gasteiger charge is 2.10. The van der Waals surface area contributed by atoms with Gasteiger partial charge in [0, 0.05) is 43.4 Å². The van der Waals surface area contributed by atoms with Gasteiger partial charge in [-0.25, -0.2) is 0 Å². The molecule has 8 nitrogen and oxygen atoms in total. The van der Waals surface area contributed by atoms with E-state index in [9.17, 15) is 14.4 Å². The second kappa shape index (κ2) is 40.2. The van der Waals surface area contributed by atoms with Crippen LogP contribution in [0.4, 0.5) is 0 Å². The number of H-pyrrole nitrogens is 1. The summed E-state index contributed by atoms with van der Waals surface area (Å²) in [5.41, 5.74) is 2.27. The van der Waals surface area contributed by atoms with E-state index in [0.29, 0.717) is 25.3 Å². The van der Waals surface area contributed by atoms with Crippen LogP contribution in [0.5, 0.6) is 5.75 Å². The molecule has 3 unspecified atom stereocenters. The Hall–Kier alpha value is -4.59. The van der Waals surface area contributed by atoms with Gasteiger partial charge in [-0.1, -0.05) is 172 Å². The van der Waals surface area contributed by atoms with Gasteiger partial charge in [0.1, 0.15) is 5.75 Å². The summed E-state index contributed by atoms with van der Waals surface area (Å²) in [7, 11) is 1.66. The lowest BCUT2D eigenvalue weighted by atomic mass is 9.91. The number of fused-ring (bicyclic) bond motifs is 1. The molecule has 354 valence electrons. The number of carboxylic acid groups (broad SMARTS) is 2. The van der Waals surface area contributed by atoms with E-state index >= 15 is 0 Å². The second-order valence-electron chi connectivity index (χ2n) is 17.4. The van der Waals surface area contributed by atoms with Crippen LogP contribution in [0.1, 0.15) is 170 Å². The molecule has 0 saturated carbocycles. The predicted molar refractivity (Wildman–Crippen MR) is 268 cm³/mol. The summed E-state index contributed by atoms with van der Waals surface area (Å²) in [5.74, 6) is 2.28. The Bertz CT molecular complexity index is 1650. The summed E-state index contributed by atoms with van der Waals surface area (Å²) in [6.45, 7) is 15.8. The van der Waals surface area contributed by atoms with Crippen LogP contribution < -0.4 is 10.1 Å². The van der Waals surface area contributed by atoms with Gasteiger partial charge in [0.05, 0.1) is 7.11 Å². The summed E-state index contributed by atoms with van der Waals surface area (Å²) in [4.78, 5) is 34.9. The van der Waals surface area contributed by atoms with Gasteiger partial charge in [-0.2, -0.15) is 0 Å². The Morgan fingerprint density at radius 3 is 1.59 bits per heavy atom. The van der Waals surface area contributed by atoms with Gasteiger partial charge in [-0.3, -0.25) is 14.4 Å². The average Bonchev–Trinajstić information content (AvgIpc) is 3.63. The number of aromatic nitrogens is 1. The average molecular weight is 873 g/mol. The lowest BCUT2D eigenvalue weighted by Crippen LogP contribution is -2.22. The van der Waals surface area contributed by atoms with Crippen molar-refractivity contribution < 1.29 is 29.3 Å². The van der Waals surface area contributed by atoms with Gasteiger partial charge < -0.3 is 25.3 Å². The number of amides is 1. The SMILES string of the molecule is CC(C)CCCC(C)CCCC(C)CCCC(C)CC(=O)O.CC/C=C\C/C=C\C/C=C\C/C=C\C/C=C\C/C=C\CCC(=O)O.COc1ccc2[nH]cc(CCNC(C)=O)c2c1. The topological polar surface area (TPSA) is 129 Å².